The molecule has 2 N–H and O–H groups in total. The summed E-state index contributed by atoms with van der Waals surface area (Å²) >= 11 is 0. The highest BCUT2D eigenvalue weighted by molar-refractivity contribution is 5.93. The van der Waals surface area contributed by atoms with E-state index in [0.29, 0.717) is 16.8 Å². The van der Waals surface area contributed by atoms with Crippen molar-refractivity contribution < 1.29 is 19.0 Å². The highest BCUT2D eigenvalue weighted by Gasteiger charge is 2.13. The van der Waals surface area contributed by atoms with Gasteiger partial charge in [-0.25, -0.2) is 14.2 Å². The Hall–Kier alpha value is -3.22. The van der Waals surface area contributed by atoms with Crippen LogP contribution in [0.1, 0.15) is 10.4 Å². The highest BCUT2D eigenvalue weighted by Crippen LogP contribution is 2.28. The number of fused-ring (bicyclic) bond motifs is 1. The van der Waals surface area contributed by atoms with Crippen LogP contribution in [0.5, 0.6) is 5.75 Å². The van der Waals surface area contributed by atoms with Gasteiger partial charge in [0.25, 0.3) is 5.56 Å². The van der Waals surface area contributed by atoms with Crippen LogP contribution in [0.25, 0.3) is 22.3 Å². The summed E-state index contributed by atoms with van der Waals surface area (Å²) in [5.41, 5.74) is 0.0779. The van der Waals surface area contributed by atoms with E-state index in [2.05, 4.69) is 9.97 Å². The second-order valence-corrected chi connectivity index (χ2v) is 4.80. The number of hydrogen-bond donors (Lipinski definition) is 2. The Kier molecular flexibility index (Phi) is 3.53. The molecule has 6 nitrogen and oxygen atoms in total. The lowest BCUT2D eigenvalue weighted by Crippen LogP contribution is -2.11. The Bertz CT molecular complexity index is 981. The summed E-state index contributed by atoms with van der Waals surface area (Å²) in [5, 5.41) is 9.12. The Balaban J connectivity index is 2.25. The van der Waals surface area contributed by atoms with Gasteiger partial charge in [-0.3, -0.25) is 4.79 Å². The van der Waals surface area contributed by atoms with Gasteiger partial charge in [0.2, 0.25) is 0 Å². The molecule has 0 bridgehead atoms. The Morgan fingerprint density at radius 2 is 2.04 bits per heavy atom. The zero-order valence-corrected chi connectivity index (χ0v) is 12.0. The molecule has 1 aromatic heterocycles. The molecule has 0 amide bonds. The number of carbonyl (C=O) groups is 1. The standard InChI is InChI=1S/C16H11FN2O4/c1-23-13-5-3-9(17)7-11(13)14-18-12-4-2-8(16(21)22)6-10(12)15(20)19-14/h2-7H,1H3,(H,21,22)(H,18,19,20). The first kappa shape index (κ1) is 14.7. The number of benzene rings is 2. The fourth-order valence-corrected chi connectivity index (χ4v) is 2.26. The lowest BCUT2D eigenvalue weighted by atomic mass is 10.1. The van der Waals surface area contributed by atoms with E-state index in [-0.39, 0.29) is 16.8 Å². The maximum absolute atomic E-state index is 13.5. The van der Waals surface area contributed by atoms with Crippen LogP contribution in [0, 0.1) is 5.82 Å². The number of aromatic nitrogens is 2. The summed E-state index contributed by atoms with van der Waals surface area (Å²) in [4.78, 5) is 30.0. The number of halogens is 1. The van der Waals surface area contributed by atoms with Crippen LogP contribution in [0.4, 0.5) is 4.39 Å². The van der Waals surface area contributed by atoms with Gasteiger partial charge in [-0.05, 0) is 36.4 Å². The largest absolute Gasteiger partial charge is 0.496 e. The Morgan fingerprint density at radius 1 is 1.26 bits per heavy atom. The van der Waals surface area contributed by atoms with Gasteiger partial charge in [0.1, 0.15) is 17.4 Å². The predicted octanol–water partition coefficient (Wildman–Crippen LogP) is 2.44. The summed E-state index contributed by atoms with van der Waals surface area (Å²) in [5.74, 6) is -1.13. The van der Waals surface area contributed by atoms with Crippen LogP contribution in [0.2, 0.25) is 0 Å². The third-order valence-electron chi connectivity index (χ3n) is 3.37. The number of rotatable bonds is 3. The number of methoxy groups -OCH3 is 1. The smallest absolute Gasteiger partial charge is 0.335 e. The fraction of sp³-hybridized carbons (Fsp3) is 0.0625. The second kappa shape index (κ2) is 5.53. The minimum absolute atomic E-state index is 0.0131. The maximum Gasteiger partial charge on any atom is 0.335 e. The summed E-state index contributed by atoms with van der Waals surface area (Å²) in [7, 11) is 1.43. The molecular formula is C16H11FN2O4. The number of carboxylic acids is 1. The highest BCUT2D eigenvalue weighted by atomic mass is 19.1. The van der Waals surface area contributed by atoms with E-state index in [1.165, 1.54) is 43.5 Å². The van der Waals surface area contributed by atoms with Gasteiger partial charge in [0, 0.05) is 0 Å². The lowest BCUT2D eigenvalue weighted by molar-refractivity contribution is 0.0697. The minimum Gasteiger partial charge on any atom is -0.496 e. The molecule has 0 fully saturated rings. The molecule has 0 spiro atoms. The van der Waals surface area contributed by atoms with E-state index >= 15 is 0 Å². The van der Waals surface area contributed by atoms with E-state index < -0.39 is 17.3 Å². The molecule has 0 aliphatic heterocycles. The van der Waals surface area contributed by atoms with Crippen molar-refractivity contribution in [3.05, 3.63) is 58.1 Å². The average molecular weight is 314 g/mol. The van der Waals surface area contributed by atoms with Gasteiger partial charge >= 0.3 is 5.97 Å². The molecule has 0 radical (unpaired) electrons. The van der Waals surface area contributed by atoms with Crippen molar-refractivity contribution in [3.8, 4) is 17.1 Å². The average Bonchev–Trinajstić information content (AvgIpc) is 2.54. The zero-order chi connectivity index (χ0) is 16.6. The summed E-state index contributed by atoms with van der Waals surface area (Å²) < 4.78 is 18.6. The predicted molar refractivity (Wildman–Crippen MR) is 81.3 cm³/mol. The normalized spacial score (nSPS) is 10.7. The second-order valence-electron chi connectivity index (χ2n) is 4.80. The van der Waals surface area contributed by atoms with Gasteiger partial charge in [0.05, 0.1) is 29.1 Å². The summed E-state index contributed by atoms with van der Waals surface area (Å²) in [6.07, 6.45) is 0. The molecule has 2 aromatic carbocycles. The van der Waals surface area contributed by atoms with Crippen molar-refractivity contribution in [1.29, 1.82) is 0 Å². The van der Waals surface area contributed by atoms with Crippen LogP contribution >= 0.6 is 0 Å². The Morgan fingerprint density at radius 3 is 2.74 bits per heavy atom. The van der Waals surface area contributed by atoms with E-state index in [9.17, 15) is 14.0 Å². The van der Waals surface area contributed by atoms with E-state index in [1.54, 1.807) is 0 Å². The number of aromatic amines is 1. The molecule has 3 aromatic rings. The summed E-state index contributed by atoms with van der Waals surface area (Å²) in [6, 6.07) is 7.90. The molecule has 23 heavy (non-hydrogen) atoms. The first-order chi connectivity index (χ1) is 11.0. The third kappa shape index (κ3) is 2.64. The van der Waals surface area contributed by atoms with Crippen molar-refractivity contribution in [2.45, 2.75) is 0 Å². The van der Waals surface area contributed by atoms with Crippen LogP contribution < -0.4 is 10.3 Å². The molecular weight excluding hydrogens is 303 g/mol. The van der Waals surface area contributed by atoms with Crippen molar-refractivity contribution in [2.75, 3.05) is 7.11 Å². The number of nitrogens with one attached hydrogen (secondary N) is 1. The molecule has 1 heterocycles. The van der Waals surface area contributed by atoms with Crippen LogP contribution in [-0.2, 0) is 0 Å². The SMILES string of the molecule is COc1ccc(F)cc1-c1nc2ccc(C(=O)O)cc2c(=O)[nH]1. The number of nitrogens with zero attached hydrogens (tertiary/aromatic N) is 1. The first-order valence-electron chi connectivity index (χ1n) is 6.61. The number of carboxylic acid groups (broad SMARTS) is 1. The number of H-pyrrole nitrogens is 1. The minimum atomic E-state index is -1.14. The molecule has 0 aliphatic carbocycles. The molecule has 0 saturated carbocycles. The van der Waals surface area contributed by atoms with Crippen LogP contribution in [0.15, 0.2) is 41.2 Å². The first-order valence-corrected chi connectivity index (χ1v) is 6.61. The van der Waals surface area contributed by atoms with Crippen molar-refractivity contribution in [3.63, 3.8) is 0 Å². The van der Waals surface area contributed by atoms with Gasteiger partial charge in [-0.2, -0.15) is 0 Å². The van der Waals surface area contributed by atoms with Crippen molar-refractivity contribution >= 4 is 16.9 Å². The molecule has 7 heteroatoms. The molecule has 0 aliphatic rings. The van der Waals surface area contributed by atoms with Crippen LogP contribution in [0.3, 0.4) is 0 Å². The van der Waals surface area contributed by atoms with E-state index in [4.69, 9.17) is 9.84 Å². The van der Waals surface area contributed by atoms with Crippen molar-refractivity contribution in [2.24, 2.45) is 0 Å². The van der Waals surface area contributed by atoms with E-state index in [0.717, 1.165) is 0 Å². The molecule has 116 valence electrons. The molecule has 3 rings (SSSR count). The number of aromatic carboxylic acids is 1. The maximum atomic E-state index is 13.5. The Labute approximate surface area is 129 Å². The fourth-order valence-electron chi connectivity index (χ4n) is 2.26. The number of hydrogen-bond acceptors (Lipinski definition) is 4. The molecule has 0 unspecified atom stereocenters. The number of ether oxygens (including phenoxy) is 1. The third-order valence-corrected chi connectivity index (χ3v) is 3.37. The summed E-state index contributed by atoms with van der Waals surface area (Å²) in [6.45, 7) is 0. The molecule has 0 saturated heterocycles. The van der Waals surface area contributed by atoms with Gasteiger partial charge in [0.15, 0.2) is 0 Å². The quantitative estimate of drug-likeness (QED) is 0.774. The van der Waals surface area contributed by atoms with Gasteiger partial charge in [-0.1, -0.05) is 0 Å². The van der Waals surface area contributed by atoms with Gasteiger partial charge < -0.3 is 14.8 Å². The topological polar surface area (TPSA) is 92.3 Å². The van der Waals surface area contributed by atoms with Crippen LogP contribution in [-0.4, -0.2) is 28.2 Å². The molecule has 0 atom stereocenters. The van der Waals surface area contributed by atoms with Gasteiger partial charge in [-0.15, -0.1) is 0 Å². The van der Waals surface area contributed by atoms with Crippen molar-refractivity contribution in [1.82, 2.24) is 9.97 Å². The van der Waals surface area contributed by atoms with E-state index in [1.807, 2.05) is 0 Å². The monoisotopic (exact) mass is 314 g/mol. The zero-order valence-electron chi connectivity index (χ0n) is 12.0. The lowest BCUT2D eigenvalue weighted by Gasteiger charge is -2.09.